The lowest BCUT2D eigenvalue weighted by Gasteiger charge is -2.29. The van der Waals surface area contributed by atoms with Gasteiger partial charge in [-0.3, -0.25) is 4.90 Å². The summed E-state index contributed by atoms with van der Waals surface area (Å²) in [4.78, 5) is 2.37. The summed E-state index contributed by atoms with van der Waals surface area (Å²) in [5.41, 5.74) is 8.71. The van der Waals surface area contributed by atoms with E-state index in [1.807, 2.05) is 0 Å². The normalized spacial score (nSPS) is 19.6. The third-order valence-corrected chi connectivity index (χ3v) is 3.03. The minimum atomic E-state index is 0.109. The molecule has 1 atom stereocenters. The van der Waals surface area contributed by atoms with E-state index >= 15 is 0 Å². The molecule has 1 aromatic carbocycles. The number of hydrogen-bond donors (Lipinski definition) is 1. The van der Waals surface area contributed by atoms with E-state index in [9.17, 15) is 0 Å². The molecule has 3 heteroatoms. The summed E-state index contributed by atoms with van der Waals surface area (Å²) >= 11 is 0. The number of aryl methyl sites for hydroxylation is 1. The molecule has 0 saturated carbocycles. The van der Waals surface area contributed by atoms with Crippen molar-refractivity contribution in [3.8, 4) is 0 Å². The van der Waals surface area contributed by atoms with Crippen LogP contribution in [0.4, 0.5) is 0 Å². The van der Waals surface area contributed by atoms with Crippen LogP contribution in [0.15, 0.2) is 24.3 Å². The molecular formula is C13H20N2O. The molecule has 1 aliphatic rings. The maximum atomic E-state index is 6.21. The van der Waals surface area contributed by atoms with Gasteiger partial charge in [0, 0.05) is 25.7 Å². The molecule has 1 heterocycles. The number of ether oxygens (including phenoxy) is 1. The Hall–Kier alpha value is -0.900. The molecule has 0 spiro atoms. The third-order valence-electron chi connectivity index (χ3n) is 3.03. The van der Waals surface area contributed by atoms with Crippen LogP contribution in [0.2, 0.25) is 0 Å². The van der Waals surface area contributed by atoms with E-state index in [0.29, 0.717) is 0 Å². The van der Waals surface area contributed by atoms with E-state index in [4.69, 9.17) is 10.5 Å². The van der Waals surface area contributed by atoms with Crippen LogP contribution in [0.25, 0.3) is 0 Å². The Morgan fingerprint density at radius 3 is 2.81 bits per heavy atom. The topological polar surface area (TPSA) is 38.5 Å². The smallest absolute Gasteiger partial charge is 0.0594 e. The van der Waals surface area contributed by atoms with Crippen molar-refractivity contribution < 1.29 is 4.74 Å². The number of morpholine rings is 1. The third kappa shape index (κ3) is 3.04. The fourth-order valence-corrected chi connectivity index (χ4v) is 2.07. The largest absolute Gasteiger partial charge is 0.379 e. The summed E-state index contributed by atoms with van der Waals surface area (Å²) in [5, 5.41) is 0. The van der Waals surface area contributed by atoms with Crippen molar-refractivity contribution in [1.82, 2.24) is 4.90 Å². The first-order valence-electron chi connectivity index (χ1n) is 5.88. The second kappa shape index (κ2) is 5.43. The molecule has 0 bridgehead atoms. The first kappa shape index (κ1) is 11.6. The molecule has 3 nitrogen and oxygen atoms in total. The number of rotatable bonds is 3. The molecular weight excluding hydrogens is 200 g/mol. The summed E-state index contributed by atoms with van der Waals surface area (Å²) in [6.45, 7) is 6.69. The fraction of sp³-hybridized carbons (Fsp3) is 0.538. The summed E-state index contributed by atoms with van der Waals surface area (Å²) in [7, 11) is 0. The SMILES string of the molecule is Cc1cccc(C(N)CN2CCOCC2)c1. The minimum absolute atomic E-state index is 0.109. The van der Waals surface area contributed by atoms with Crippen molar-refractivity contribution in [3.05, 3.63) is 35.4 Å². The second-order valence-corrected chi connectivity index (χ2v) is 4.43. The second-order valence-electron chi connectivity index (χ2n) is 4.43. The Balaban J connectivity index is 1.94. The highest BCUT2D eigenvalue weighted by Gasteiger charge is 2.14. The molecule has 1 aromatic rings. The van der Waals surface area contributed by atoms with Gasteiger partial charge in [-0.2, -0.15) is 0 Å². The summed E-state index contributed by atoms with van der Waals surface area (Å²) in [6, 6.07) is 8.57. The average Bonchev–Trinajstić information content (AvgIpc) is 2.30. The Labute approximate surface area is 97.2 Å². The highest BCUT2D eigenvalue weighted by molar-refractivity contribution is 5.25. The van der Waals surface area contributed by atoms with E-state index in [2.05, 4.69) is 36.1 Å². The molecule has 0 aliphatic carbocycles. The highest BCUT2D eigenvalue weighted by Crippen LogP contribution is 2.14. The maximum Gasteiger partial charge on any atom is 0.0594 e. The summed E-state index contributed by atoms with van der Waals surface area (Å²) in [5.74, 6) is 0. The molecule has 16 heavy (non-hydrogen) atoms. The van der Waals surface area contributed by atoms with Crippen LogP contribution < -0.4 is 5.73 Å². The van der Waals surface area contributed by atoms with Gasteiger partial charge in [0.2, 0.25) is 0 Å². The van der Waals surface area contributed by atoms with E-state index in [1.165, 1.54) is 11.1 Å². The Bertz CT molecular complexity index is 334. The lowest BCUT2D eigenvalue weighted by molar-refractivity contribution is 0.0352. The average molecular weight is 220 g/mol. The number of nitrogens with zero attached hydrogens (tertiary/aromatic N) is 1. The first-order chi connectivity index (χ1) is 7.75. The zero-order valence-electron chi connectivity index (χ0n) is 9.86. The standard InChI is InChI=1S/C13H20N2O/c1-11-3-2-4-12(9-11)13(14)10-15-5-7-16-8-6-15/h2-4,9,13H,5-8,10,14H2,1H3. The van der Waals surface area contributed by atoms with Gasteiger partial charge in [-0.25, -0.2) is 0 Å². The van der Waals surface area contributed by atoms with Gasteiger partial charge in [-0.1, -0.05) is 29.8 Å². The Morgan fingerprint density at radius 1 is 1.38 bits per heavy atom. The lowest BCUT2D eigenvalue weighted by atomic mass is 10.0. The van der Waals surface area contributed by atoms with Crippen LogP contribution in [0, 0.1) is 6.92 Å². The zero-order valence-corrected chi connectivity index (χ0v) is 9.86. The number of benzene rings is 1. The van der Waals surface area contributed by atoms with Crippen molar-refractivity contribution >= 4 is 0 Å². The minimum Gasteiger partial charge on any atom is -0.379 e. The van der Waals surface area contributed by atoms with Gasteiger partial charge in [0.05, 0.1) is 13.2 Å². The molecule has 1 aliphatic heterocycles. The van der Waals surface area contributed by atoms with Gasteiger partial charge in [-0.05, 0) is 12.5 Å². The van der Waals surface area contributed by atoms with Crippen LogP contribution in [0.3, 0.4) is 0 Å². The van der Waals surface area contributed by atoms with Crippen LogP contribution in [-0.4, -0.2) is 37.7 Å². The molecule has 0 amide bonds. The van der Waals surface area contributed by atoms with Crippen LogP contribution >= 0.6 is 0 Å². The van der Waals surface area contributed by atoms with Gasteiger partial charge in [0.25, 0.3) is 0 Å². The predicted octanol–water partition coefficient (Wildman–Crippen LogP) is 1.33. The molecule has 1 fully saturated rings. The van der Waals surface area contributed by atoms with Crippen molar-refractivity contribution in [3.63, 3.8) is 0 Å². The highest BCUT2D eigenvalue weighted by atomic mass is 16.5. The van der Waals surface area contributed by atoms with Crippen molar-refractivity contribution in [2.45, 2.75) is 13.0 Å². The molecule has 1 unspecified atom stereocenters. The Kier molecular flexibility index (Phi) is 3.93. The maximum absolute atomic E-state index is 6.21. The molecule has 88 valence electrons. The van der Waals surface area contributed by atoms with Crippen molar-refractivity contribution in [1.29, 1.82) is 0 Å². The summed E-state index contributed by atoms with van der Waals surface area (Å²) in [6.07, 6.45) is 0. The lowest BCUT2D eigenvalue weighted by Crippen LogP contribution is -2.40. The van der Waals surface area contributed by atoms with E-state index in [0.717, 1.165) is 32.8 Å². The molecule has 1 saturated heterocycles. The summed E-state index contributed by atoms with van der Waals surface area (Å²) < 4.78 is 5.32. The van der Waals surface area contributed by atoms with E-state index < -0.39 is 0 Å². The van der Waals surface area contributed by atoms with Gasteiger partial charge in [0.1, 0.15) is 0 Å². The Morgan fingerprint density at radius 2 is 2.12 bits per heavy atom. The monoisotopic (exact) mass is 220 g/mol. The van der Waals surface area contributed by atoms with E-state index in [1.54, 1.807) is 0 Å². The van der Waals surface area contributed by atoms with Gasteiger partial charge in [0.15, 0.2) is 0 Å². The quantitative estimate of drug-likeness (QED) is 0.835. The first-order valence-corrected chi connectivity index (χ1v) is 5.88. The molecule has 2 N–H and O–H groups in total. The van der Waals surface area contributed by atoms with E-state index in [-0.39, 0.29) is 6.04 Å². The van der Waals surface area contributed by atoms with Crippen molar-refractivity contribution in [2.75, 3.05) is 32.8 Å². The molecule has 0 aromatic heterocycles. The number of nitrogens with two attached hydrogens (primary N) is 1. The van der Waals surface area contributed by atoms with Gasteiger partial charge < -0.3 is 10.5 Å². The number of hydrogen-bond acceptors (Lipinski definition) is 3. The fourth-order valence-electron chi connectivity index (χ4n) is 2.07. The van der Waals surface area contributed by atoms with Crippen LogP contribution in [0.5, 0.6) is 0 Å². The molecule has 0 radical (unpaired) electrons. The van der Waals surface area contributed by atoms with Gasteiger partial charge in [-0.15, -0.1) is 0 Å². The van der Waals surface area contributed by atoms with Crippen molar-refractivity contribution in [2.24, 2.45) is 5.73 Å². The zero-order chi connectivity index (χ0) is 11.4. The molecule has 2 rings (SSSR count). The van der Waals surface area contributed by atoms with Crippen LogP contribution in [-0.2, 0) is 4.74 Å². The van der Waals surface area contributed by atoms with Crippen LogP contribution in [0.1, 0.15) is 17.2 Å². The predicted molar refractivity (Wildman–Crippen MR) is 65.4 cm³/mol. The van der Waals surface area contributed by atoms with Gasteiger partial charge >= 0.3 is 0 Å².